The van der Waals surface area contributed by atoms with E-state index in [0.717, 1.165) is 28.6 Å². The van der Waals surface area contributed by atoms with Crippen molar-refractivity contribution in [2.45, 2.75) is 6.18 Å². The number of fused-ring (bicyclic) bond motifs is 1. The van der Waals surface area contributed by atoms with Crippen LogP contribution in [0.1, 0.15) is 5.56 Å². The van der Waals surface area contributed by atoms with Crippen molar-refractivity contribution >= 4 is 32.5 Å². The Kier molecular flexibility index (Phi) is 4.76. The Bertz CT molecular complexity index is 1180. The second-order valence-electron chi connectivity index (χ2n) is 5.95. The van der Waals surface area contributed by atoms with Gasteiger partial charge in [-0.3, -0.25) is 4.79 Å². The molecule has 0 spiro atoms. The molecule has 1 heterocycles. The van der Waals surface area contributed by atoms with Crippen LogP contribution in [0.4, 0.5) is 18.9 Å². The molecule has 1 N–H and O–H groups in total. The molecule has 6 nitrogen and oxygen atoms in total. The fraction of sp³-hybridized carbons (Fsp3) is 0.111. The maximum atomic E-state index is 12.8. The Balaban J connectivity index is 2.18. The summed E-state index contributed by atoms with van der Waals surface area (Å²) >= 11 is 0. The van der Waals surface area contributed by atoms with Gasteiger partial charge in [-0.15, -0.1) is 0 Å². The number of nitrogens with zero attached hydrogens (tertiary/aromatic N) is 2. The molecular formula is C18H14F3N3O3S. The largest absolute Gasteiger partial charge is 0.416 e. The standard InChI is InChI=1S/C18H14F3N3O3S/c1-3-16(25)22-13-8-9-14-15(10-13)24(28(2,26)27)23-17(14)11-4-6-12(7-5-11)18(19,20)21/h3-10H,1H2,2H3,(H,22,25). The summed E-state index contributed by atoms with van der Waals surface area (Å²) in [7, 11) is -3.81. The minimum atomic E-state index is -4.48. The lowest BCUT2D eigenvalue weighted by atomic mass is 10.1. The van der Waals surface area contributed by atoms with Gasteiger partial charge < -0.3 is 5.32 Å². The van der Waals surface area contributed by atoms with Gasteiger partial charge >= 0.3 is 6.18 Å². The molecule has 1 aromatic heterocycles. The molecule has 0 fully saturated rings. The van der Waals surface area contributed by atoms with Crippen molar-refractivity contribution in [1.29, 1.82) is 0 Å². The Morgan fingerprint density at radius 3 is 2.36 bits per heavy atom. The Hall–Kier alpha value is -3.14. The topological polar surface area (TPSA) is 81.1 Å². The summed E-state index contributed by atoms with van der Waals surface area (Å²) in [6, 6.07) is 8.74. The zero-order valence-corrected chi connectivity index (χ0v) is 15.3. The van der Waals surface area contributed by atoms with E-state index in [-0.39, 0.29) is 11.2 Å². The summed E-state index contributed by atoms with van der Waals surface area (Å²) in [6.45, 7) is 3.34. The monoisotopic (exact) mass is 409 g/mol. The third-order valence-corrected chi connectivity index (χ3v) is 4.81. The van der Waals surface area contributed by atoms with Crippen LogP contribution in [0.2, 0.25) is 0 Å². The number of amides is 1. The number of hydrogen-bond donors (Lipinski definition) is 1. The quantitative estimate of drug-likeness (QED) is 0.667. The average Bonchev–Trinajstić information content (AvgIpc) is 3.00. The highest BCUT2D eigenvalue weighted by molar-refractivity contribution is 7.89. The molecule has 0 unspecified atom stereocenters. The van der Waals surface area contributed by atoms with Crippen molar-refractivity contribution in [2.24, 2.45) is 0 Å². The van der Waals surface area contributed by atoms with Gasteiger partial charge in [0.15, 0.2) is 0 Å². The number of hydrogen-bond acceptors (Lipinski definition) is 4. The summed E-state index contributed by atoms with van der Waals surface area (Å²) in [5.41, 5.74) is 0.206. The predicted molar refractivity (Wildman–Crippen MR) is 99.2 cm³/mol. The van der Waals surface area contributed by atoms with Crippen molar-refractivity contribution < 1.29 is 26.4 Å². The Labute approximate surface area is 158 Å². The summed E-state index contributed by atoms with van der Waals surface area (Å²) in [5, 5.41) is 7.00. The summed E-state index contributed by atoms with van der Waals surface area (Å²) in [4.78, 5) is 11.5. The number of carbonyl (C=O) groups excluding carboxylic acids is 1. The number of benzene rings is 2. The predicted octanol–water partition coefficient (Wildman–Crippen LogP) is 3.65. The minimum absolute atomic E-state index is 0.180. The van der Waals surface area contributed by atoms with Gasteiger partial charge in [0.1, 0.15) is 5.69 Å². The molecule has 0 radical (unpaired) electrons. The van der Waals surface area contributed by atoms with Crippen LogP contribution in [0, 0.1) is 0 Å². The molecule has 10 heteroatoms. The van der Waals surface area contributed by atoms with Crippen LogP contribution in [-0.2, 0) is 21.0 Å². The minimum Gasteiger partial charge on any atom is -0.322 e. The smallest absolute Gasteiger partial charge is 0.322 e. The van der Waals surface area contributed by atoms with Gasteiger partial charge in [-0.25, -0.2) is 8.42 Å². The van der Waals surface area contributed by atoms with Crippen LogP contribution in [0.25, 0.3) is 22.2 Å². The maximum Gasteiger partial charge on any atom is 0.416 e. The van der Waals surface area contributed by atoms with E-state index in [9.17, 15) is 26.4 Å². The van der Waals surface area contributed by atoms with Crippen molar-refractivity contribution in [3.8, 4) is 11.3 Å². The van der Waals surface area contributed by atoms with E-state index in [4.69, 9.17) is 0 Å². The molecule has 0 bridgehead atoms. The molecule has 0 atom stereocenters. The fourth-order valence-electron chi connectivity index (χ4n) is 2.64. The van der Waals surface area contributed by atoms with Crippen LogP contribution in [-0.4, -0.2) is 29.8 Å². The average molecular weight is 409 g/mol. The summed E-state index contributed by atoms with van der Waals surface area (Å²) < 4.78 is 63.3. The van der Waals surface area contributed by atoms with Gasteiger partial charge in [-0.1, -0.05) is 18.7 Å². The van der Waals surface area contributed by atoms with E-state index in [0.29, 0.717) is 16.6 Å². The van der Waals surface area contributed by atoms with Crippen molar-refractivity contribution in [3.05, 3.63) is 60.7 Å². The number of alkyl halides is 3. The SMILES string of the molecule is C=CC(=O)Nc1ccc2c(-c3ccc(C(F)(F)F)cc3)nn(S(C)(=O)=O)c2c1. The highest BCUT2D eigenvalue weighted by Gasteiger charge is 2.30. The van der Waals surface area contributed by atoms with Crippen LogP contribution < -0.4 is 5.32 Å². The molecule has 2 aromatic carbocycles. The Morgan fingerprint density at radius 1 is 1.18 bits per heavy atom. The molecule has 1 amide bonds. The van der Waals surface area contributed by atoms with E-state index >= 15 is 0 Å². The highest BCUT2D eigenvalue weighted by atomic mass is 32.2. The summed E-state index contributed by atoms with van der Waals surface area (Å²) in [5.74, 6) is -0.479. The van der Waals surface area contributed by atoms with Gasteiger partial charge in [-0.2, -0.15) is 22.4 Å². The molecule has 0 aliphatic carbocycles. The zero-order valence-electron chi connectivity index (χ0n) is 14.5. The van der Waals surface area contributed by atoms with E-state index in [1.165, 1.54) is 30.3 Å². The highest BCUT2D eigenvalue weighted by Crippen LogP contribution is 2.34. The molecule has 146 valence electrons. The fourth-order valence-corrected chi connectivity index (χ4v) is 3.38. The van der Waals surface area contributed by atoms with Gasteiger partial charge in [0, 0.05) is 16.6 Å². The molecule has 3 rings (SSSR count). The third-order valence-electron chi connectivity index (χ3n) is 3.90. The third kappa shape index (κ3) is 3.77. The molecule has 0 aliphatic rings. The molecule has 0 saturated heterocycles. The number of rotatable bonds is 4. The lowest BCUT2D eigenvalue weighted by Gasteiger charge is -2.07. The Morgan fingerprint density at radius 2 is 1.82 bits per heavy atom. The molecule has 0 saturated carbocycles. The van der Waals surface area contributed by atoms with Crippen molar-refractivity contribution in [3.63, 3.8) is 0 Å². The maximum absolute atomic E-state index is 12.8. The van der Waals surface area contributed by atoms with E-state index in [1.807, 2.05) is 0 Å². The zero-order chi connectivity index (χ0) is 20.7. The van der Waals surface area contributed by atoms with Gasteiger partial charge in [0.05, 0.1) is 17.3 Å². The summed E-state index contributed by atoms with van der Waals surface area (Å²) in [6.07, 6.45) is -2.47. The second kappa shape index (κ2) is 6.79. The van der Waals surface area contributed by atoms with Gasteiger partial charge in [0.2, 0.25) is 5.91 Å². The molecule has 28 heavy (non-hydrogen) atoms. The first-order chi connectivity index (χ1) is 13.0. The molecular weight excluding hydrogens is 395 g/mol. The van der Waals surface area contributed by atoms with Crippen LogP contribution in [0.5, 0.6) is 0 Å². The lowest BCUT2D eigenvalue weighted by Crippen LogP contribution is -2.12. The lowest BCUT2D eigenvalue weighted by molar-refractivity contribution is -0.137. The first kappa shape index (κ1) is 19.6. The molecule has 3 aromatic rings. The first-order valence-electron chi connectivity index (χ1n) is 7.85. The van der Waals surface area contributed by atoms with Gasteiger partial charge in [0.25, 0.3) is 10.0 Å². The number of aromatic nitrogens is 2. The van der Waals surface area contributed by atoms with Crippen molar-refractivity contribution in [1.82, 2.24) is 9.19 Å². The number of carbonyl (C=O) groups is 1. The van der Waals surface area contributed by atoms with Crippen LogP contribution in [0.3, 0.4) is 0 Å². The van der Waals surface area contributed by atoms with Crippen molar-refractivity contribution in [2.75, 3.05) is 11.6 Å². The number of halogens is 3. The number of anilines is 1. The van der Waals surface area contributed by atoms with Gasteiger partial charge in [-0.05, 0) is 36.4 Å². The second-order valence-corrected chi connectivity index (χ2v) is 7.77. The van der Waals surface area contributed by atoms with E-state index in [1.54, 1.807) is 0 Å². The number of nitrogens with one attached hydrogen (secondary N) is 1. The molecule has 0 aliphatic heterocycles. The van der Waals surface area contributed by atoms with E-state index < -0.39 is 27.7 Å². The van der Waals surface area contributed by atoms with E-state index in [2.05, 4.69) is 17.0 Å². The van der Waals surface area contributed by atoms with Crippen LogP contribution >= 0.6 is 0 Å². The first-order valence-corrected chi connectivity index (χ1v) is 9.70. The van der Waals surface area contributed by atoms with Crippen LogP contribution in [0.15, 0.2) is 55.1 Å². The normalized spacial score (nSPS) is 12.1.